The predicted octanol–water partition coefficient (Wildman–Crippen LogP) is 2.39. The van der Waals surface area contributed by atoms with E-state index in [-0.39, 0.29) is 18.4 Å². The Labute approximate surface area is 164 Å². The van der Waals surface area contributed by atoms with Crippen LogP contribution in [0.3, 0.4) is 0 Å². The molecule has 6 nitrogen and oxygen atoms in total. The second-order valence-electron chi connectivity index (χ2n) is 7.37. The molecule has 2 aliphatic heterocycles. The molecule has 0 radical (unpaired) electrons. The van der Waals surface area contributed by atoms with Crippen molar-refractivity contribution in [3.8, 4) is 5.75 Å². The molecule has 2 aromatic carbocycles. The van der Waals surface area contributed by atoms with E-state index >= 15 is 0 Å². The number of carbonyl (C=O) groups excluding carboxylic acids is 2. The number of piperidine rings is 1. The third-order valence-corrected chi connectivity index (χ3v) is 5.70. The van der Waals surface area contributed by atoms with Crippen molar-refractivity contribution in [2.45, 2.75) is 18.8 Å². The van der Waals surface area contributed by atoms with Gasteiger partial charge >= 0.3 is 0 Å². The summed E-state index contributed by atoms with van der Waals surface area (Å²) in [6, 6.07) is 15.3. The molecule has 2 amide bonds. The van der Waals surface area contributed by atoms with Gasteiger partial charge < -0.3 is 20.3 Å². The Balaban J connectivity index is 1.36. The lowest BCUT2D eigenvalue weighted by molar-refractivity contribution is -0.121. The molecule has 2 N–H and O–H groups in total. The number of hydrogen-bond acceptors (Lipinski definition) is 4. The van der Waals surface area contributed by atoms with E-state index in [1.165, 1.54) is 0 Å². The van der Waals surface area contributed by atoms with E-state index in [1.54, 1.807) is 0 Å². The number of primary amides is 1. The highest BCUT2D eigenvalue weighted by Gasteiger charge is 2.27. The van der Waals surface area contributed by atoms with Gasteiger partial charge in [-0.3, -0.25) is 9.59 Å². The van der Waals surface area contributed by atoms with Gasteiger partial charge in [-0.15, -0.1) is 0 Å². The molecule has 1 fully saturated rings. The fourth-order valence-electron chi connectivity index (χ4n) is 4.19. The number of ether oxygens (including phenoxy) is 1. The van der Waals surface area contributed by atoms with Crippen molar-refractivity contribution < 1.29 is 14.3 Å². The normalized spacial score (nSPS) is 17.9. The van der Waals surface area contributed by atoms with Crippen LogP contribution < -0.4 is 15.4 Å². The van der Waals surface area contributed by atoms with Gasteiger partial charge in [0.05, 0.1) is 5.69 Å². The van der Waals surface area contributed by atoms with Gasteiger partial charge in [-0.25, -0.2) is 0 Å². The minimum atomic E-state index is -0.359. The summed E-state index contributed by atoms with van der Waals surface area (Å²) in [7, 11) is 0. The summed E-state index contributed by atoms with van der Waals surface area (Å²) in [6.07, 6.45) is 1.97. The number of rotatable bonds is 5. The lowest BCUT2D eigenvalue weighted by Crippen LogP contribution is -2.45. The van der Waals surface area contributed by atoms with Gasteiger partial charge in [-0.05, 0) is 55.6 Å². The number of fused-ring (bicyclic) bond motifs is 1. The minimum Gasteiger partial charge on any atom is -0.482 e. The second-order valence-corrected chi connectivity index (χ2v) is 7.37. The van der Waals surface area contributed by atoms with Gasteiger partial charge in [0.1, 0.15) is 5.75 Å². The molecule has 4 rings (SSSR count). The molecule has 6 heteroatoms. The van der Waals surface area contributed by atoms with Crippen LogP contribution in [-0.4, -0.2) is 49.5 Å². The van der Waals surface area contributed by atoms with E-state index in [2.05, 4.69) is 4.90 Å². The highest BCUT2D eigenvalue weighted by molar-refractivity contribution is 5.97. The number of amides is 2. The van der Waals surface area contributed by atoms with Crippen molar-refractivity contribution in [2.24, 2.45) is 5.73 Å². The van der Waals surface area contributed by atoms with E-state index in [0.29, 0.717) is 18.0 Å². The van der Waals surface area contributed by atoms with E-state index in [4.69, 9.17) is 10.5 Å². The zero-order valence-electron chi connectivity index (χ0n) is 15.8. The van der Waals surface area contributed by atoms with E-state index in [9.17, 15) is 9.59 Å². The first kappa shape index (κ1) is 18.5. The van der Waals surface area contributed by atoms with Crippen molar-refractivity contribution in [2.75, 3.05) is 37.7 Å². The molecule has 0 spiro atoms. The van der Waals surface area contributed by atoms with Crippen molar-refractivity contribution in [1.82, 2.24) is 4.90 Å². The average molecular weight is 379 g/mol. The van der Waals surface area contributed by atoms with Crippen LogP contribution in [0.25, 0.3) is 0 Å². The molecular weight excluding hydrogens is 354 g/mol. The maximum Gasteiger partial charge on any atom is 0.265 e. The summed E-state index contributed by atoms with van der Waals surface area (Å²) in [5, 5.41) is 0. The summed E-state index contributed by atoms with van der Waals surface area (Å²) in [4.78, 5) is 28.2. The van der Waals surface area contributed by atoms with Crippen LogP contribution in [0.1, 0.15) is 34.7 Å². The molecule has 0 atom stereocenters. The molecule has 146 valence electrons. The van der Waals surface area contributed by atoms with Crippen LogP contribution in [0.5, 0.6) is 5.75 Å². The lowest BCUT2D eigenvalue weighted by atomic mass is 9.86. The molecule has 1 saturated heterocycles. The Morgan fingerprint density at radius 3 is 2.54 bits per heavy atom. The maximum atomic E-state index is 12.3. The standard InChI is InChI=1S/C22H25N3O3/c23-22(27)18-6-2-1-5-17(18)16-9-11-24(12-10-16)13-14-25-19-7-3-4-8-20(19)28-15-21(25)26/h1-8,16H,9-15H2,(H2,23,27). The van der Waals surface area contributed by atoms with Crippen LogP contribution in [0.2, 0.25) is 0 Å². The number of para-hydroxylation sites is 2. The van der Waals surface area contributed by atoms with Crippen molar-refractivity contribution >= 4 is 17.5 Å². The number of nitrogens with two attached hydrogens (primary N) is 1. The van der Waals surface area contributed by atoms with Gasteiger partial charge in [-0.1, -0.05) is 30.3 Å². The van der Waals surface area contributed by atoms with E-state index < -0.39 is 0 Å². The highest BCUT2D eigenvalue weighted by atomic mass is 16.5. The van der Waals surface area contributed by atoms with Gasteiger partial charge in [0.2, 0.25) is 5.91 Å². The largest absolute Gasteiger partial charge is 0.482 e. The number of anilines is 1. The molecule has 2 aliphatic rings. The first-order chi connectivity index (χ1) is 13.6. The highest BCUT2D eigenvalue weighted by Crippen LogP contribution is 2.32. The third kappa shape index (κ3) is 3.73. The Bertz CT molecular complexity index is 875. The second kappa shape index (κ2) is 8.02. The van der Waals surface area contributed by atoms with Crippen LogP contribution >= 0.6 is 0 Å². The van der Waals surface area contributed by atoms with Crippen LogP contribution in [0.15, 0.2) is 48.5 Å². The minimum absolute atomic E-state index is 0.00368. The maximum absolute atomic E-state index is 12.3. The fraction of sp³-hybridized carbons (Fsp3) is 0.364. The summed E-state index contributed by atoms with van der Waals surface area (Å²) >= 11 is 0. The molecule has 2 aromatic rings. The summed E-state index contributed by atoms with van der Waals surface area (Å²) in [5.41, 5.74) is 8.08. The van der Waals surface area contributed by atoms with Crippen molar-refractivity contribution in [1.29, 1.82) is 0 Å². The number of carbonyl (C=O) groups is 2. The summed E-state index contributed by atoms with van der Waals surface area (Å²) in [5.74, 6) is 0.765. The topological polar surface area (TPSA) is 75.9 Å². The molecule has 0 aliphatic carbocycles. The Kier molecular flexibility index (Phi) is 5.30. The van der Waals surface area contributed by atoms with Crippen LogP contribution in [0, 0.1) is 0 Å². The van der Waals surface area contributed by atoms with E-state index in [1.807, 2.05) is 53.4 Å². The Morgan fingerprint density at radius 1 is 1.04 bits per heavy atom. The monoisotopic (exact) mass is 379 g/mol. The Hall–Kier alpha value is -2.86. The first-order valence-corrected chi connectivity index (χ1v) is 9.77. The third-order valence-electron chi connectivity index (χ3n) is 5.70. The zero-order valence-corrected chi connectivity index (χ0v) is 15.8. The molecule has 2 heterocycles. The average Bonchev–Trinajstić information content (AvgIpc) is 2.73. The fourth-order valence-corrected chi connectivity index (χ4v) is 4.19. The quantitative estimate of drug-likeness (QED) is 0.866. The lowest BCUT2D eigenvalue weighted by Gasteiger charge is -2.35. The van der Waals surface area contributed by atoms with Crippen LogP contribution in [-0.2, 0) is 4.79 Å². The zero-order chi connectivity index (χ0) is 19.5. The van der Waals surface area contributed by atoms with Gasteiger partial charge in [-0.2, -0.15) is 0 Å². The molecule has 0 unspecified atom stereocenters. The predicted molar refractivity (Wildman–Crippen MR) is 108 cm³/mol. The van der Waals surface area contributed by atoms with Crippen molar-refractivity contribution in [3.05, 3.63) is 59.7 Å². The number of hydrogen-bond donors (Lipinski definition) is 1. The summed E-state index contributed by atoms with van der Waals surface area (Å²) < 4.78 is 5.51. The molecule has 0 bridgehead atoms. The van der Waals surface area contributed by atoms with Crippen LogP contribution in [0.4, 0.5) is 5.69 Å². The smallest absolute Gasteiger partial charge is 0.265 e. The number of nitrogens with zero attached hydrogens (tertiary/aromatic N) is 2. The van der Waals surface area contributed by atoms with Gasteiger partial charge in [0, 0.05) is 18.7 Å². The van der Waals surface area contributed by atoms with Gasteiger partial charge in [0.15, 0.2) is 6.61 Å². The van der Waals surface area contributed by atoms with E-state index in [0.717, 1.165) is 49.5 Å². The molecule has 0 saturated carbocycles. The summed E-state index contributed by atoms with van der Waals surface area (Å²) in [6.45, 7) is 3.46. The SMILES string of the molecule is NC(=O)c1ccccc1C1CCN(CCN2C(=O)COc3ccccc32)CC1. The molecular formula is C22H25N3O3. The number of benzene rings is 2. The first-order valence-electron chi connectivity index (χ1n) is 9.77. The molecule has 28 heavy (non-hydrogen) atoms. The van der Waals surface area contributed by atoms with Gasteiger partial charge in [0.25, 0.3) is 5.91 Å². The van der Waals surface area contributed by atoms with Crippen molar-refractivity contribution in [3.63, 3.8) is 0 Å². The Morgan fingerprint density at radius 2 is 1.75 bits per heavy atom. The number of likely N-dealkylation sites (tertiary alicyclic amines) is 1. The molecule has 0 aromatic heterocycles.